The highest BCUT2D eigenvalue weighted by Gasteiger charge is 2.55. The van der Waals surface area contributed by atoms with Crippen molar-refractivity contribution < 1.29 is 38.1 Å². The second kappa shape index (κ2) is 11.6. The van der Waals surface area contributed by atoms with Crippen LogP contribution in [-0.4, -0.2) is 42.3 Å². The van der Waals surface area contributed by atoms with E-state index >= 15 is 0 Å². The Labute approximate surface area is 234 Å². The van der Waals surface area contributed by atoms with Gasteiger partial charge in [0, 0.05) is 18.3 Å². The Bertz CT molecular complexity index is 1380. The van der Waals surface area contributed by atoms with Crippen molar-refractivity contribution in [2.45, 2.75) is 58.8 Å². The Morgan fingerprint density at radius 2 is 1.77 bits per heavy atom. The van der Waals surface area contributed by atoms with Crippen LogP contribution in [-0.2, 0) is 38.1 Å². The minimum atomic E-state index is -1.66. The summed E-state index contributed by atoms with van der Waals surface area (Å²) < 4.78 is 22.2. The summed E-state index contributed by atoms with van der Waals surface area (Å²) in [7, 11) is 1.39. The Hall–Kier alpha value is -4.04. The van der Waals surface area contributed by atoms with Gasteiger partial charge in [-0.15, -0.1) is 0 Å². The zero-order chi connectivity index (χ0) is 29.2. The second-order valence-corrected chi connectivity index (χ2v) is 10.4. The molecule has 0 aromatic heterocycles. The normalized spacial score (nSPS) is 23.1. The SMILES string of the molecule is CC[C@H](C)/C=C/C1=CC2=CC(=O)[C@]3(C)OC(=O)C(C(=O)[C@@H](C)[C@@H](C)OC(=O)[C@@H](OC)c4ccccc4)=C3C2=CO1. The first-order valence-electron chi connectivity index (χ1n) is 13.4. The maximum atomic E-state index is 13.7. The smallest absolute Gasteiger partial charge is 0.343 e. The fourth-order valence-corrected chi connectivity index (χ4v) is 4.75. The van der Waals surface area contributed by atoms with Crippen LogP contribution in [0.5, 0.6) is 0 Å². The van der Waals surface area contributed by atoms with E-state index < -0.39 is 47.2 Å². The molecule has 3 aliphatic rings. The van der Waals surface area contributed by atoms with Crippen LogP contribution in [0.2, 0.25) is 0 Å². The zero-order valence-electron chi connectivity index (χ0n) is 23.6. The Kier molecular flexibility index (Phi) is 8.40. The van der Waals surface area contributed by atoms with Crippen molar-refractivity contribution in [2.24, 2.45) is 11.8 Å². The van der Waals surface area contributed by atoms with Gasteiger partial charge in [-0.05, 0) is 49.1 Å². The monoisotopic (exact) mass is 546 g/mol. The van der Waals surface area contributed by atoms with Crippen LogP contribution in [0.4, 0.5) is 0 Å². The average molecular weight is 547 g/mol. The fourth-order valence-electron chi connectivity index (χ4n) is 4.75. The lowest BCUT2D eigenvalue weighted by atomic mass is 9.75. The number of carbonyl (C=O) groups excluding carboxylic acids is 4. The average Bonchev–Trinajstić information content (AvgIpc) is 3.23. The van der Waals surface area contributed by atoms with E-state index in [1.807, 2.05) is 18.2 Å². The van der Waals surface area contributed by atoms with E-state index in [9.17, 15) is 19.2 Å². The lowest BCUT2D eigenvalue weighted by Gasteiger charge is -2.31. The first-order chi connectivity index (χ1) is 19.0. The molecule has 0 unspecified atom stereocenters. The van der Waals surface area contributed by atoms with E-state index in [0.717, 1.165) is 6.42 Å². The summed E-state index contributed by atoms with van der Waals surface area (Å²) in [4.78, 5) is 52.9. The topological polar surface area (TPSA) is 105 Å². The number of esters is 2. The number of ether oxygens (including phenoxy) is 4. The van der Waals surface area contributed by atoms with Crippen LogP contribution >= 0.6 is 0 Å². The van der Waals surface area contributed by atoms with Gasteiger partial charge in [0.15, 0.2) is 17.5 Å². The minimum absolute atomic E-state index is 0.163. The molecule has 2 aliphatic heterocycles. The predicted octanol–water partition coefficient (Wildman–Crippen LogP) is 5.03. The molecular weight excluding hydrogens is 512 g/mol. The van der Waals surface area contributed by atoms with Gasteiger partial charge in [-0.25, -0.2) is 9.59 Å². The van der Waals surface area contributed by atoms with E-state index in [-0.39, 0.29) is 11.1 Å². The summed E-state index contributed by atoms with van der Waals surface area (Å²) in [5.74, 6) is -2.66. The molecule has 0 saturated carbocycles. The van der Waals surface area contributed by atoms with Gasteiger partial charge in [0.05, 0.1) is 12.2 Å². The number of hydrogen-bond donors (Lipinski definition) is 0. The maximum Gasteiger partial charge on any atom is 0.343 e. The highest BCUT2D eigenvalue weighted by molar-refractivity contribution is 6.25. The number of fused-ring (bicyclic) bond motifs is 3. The van der Waals surface area contributed by atoms with Crippen LogP contribution in [0, 0.1) is 11.8 Å². The van der Waals surface area contributed by atoms with Crippen LogP contribution in [0.15, 0.2) is 88.9 Å². The Morgan fingerprint density at radius 1 is 1.07 bits per heavy atom. The summed E-state index contributed by atoms with van der Waals surface area (Å²) in [6, 6.07) is 8.85. The minimum Gasteiger partial charge on any atom is -0.464 e. The van der Waals surface area contributed by atoms with Crippen molar-refractivity contribution in [2.75, 3.05) is 7.11 Å². The number of allylic oxidation sites excluding steroid dienone is 4. The molecule has 0 fully saturated rings. The number of rotatable bonds is 10. The van der Waals surface area contributed by atoms with Gasteiger partial charge in [0.1, 0.15) is 17.4 Å². The van der Waals surface area contributed by atoms with Crippen molar-refractivity contribution in [3.63, 3.8) is 0 Å². The summed E-state index contributed by atoms with van der Waals surface area (Å²) in [5, 5.41) is 0. The first-order valence-corrected chi connectivity index (χ1v) is 13.4. The molecule has 0 amide bonds. The number of benzene rings is 1. The van der Waals surface area contributed by atoms with Crippen molar-refractivity contribution >= 4 is 23.5 Å². The number of Topliss-reactive ketones (excluding diaryl/α,β-unsaturated/α-hetero) is 1. The lowest BCUT2D eigenvalue weighted by molar-refractivity contribution is -0.163. The third kappa shape index (κ3) is 5.36. The molecule has 40 heavy (non-hydrogen) atoms. The quantitative estimate of drug-likeness (QED) is 0.297. The van der Waals surface area contributed by atoms with Gasteiger partial charge < -0.3 is 18.9 Å². The molecule has 210 valence electrons. The molecule has 0 spiro atoms. The van der Waals surface area contributed by atoms with Crippen LogP contribution < -0.4 is 0 Å². The molecule has 1 aliphatic carbocycles. The van der Waals surface area contributed by atoms with E-state index in [1.165, 1.54) is 26.4 Å². The van der Waals surface area contributed by atoms with Crippen molar-refractivity contribution in [3.05, 3.63) is 94.5 Å². The summed E-state index contributed by atoms with van der Waals surface area (Å²) in [6.07, 6.45) is 7.46. The number of ketones is 2. The molecule has 0 N–H and O–H groups in total. The Balaban J connectivity index is 1.61. The van der Waals surface area contributed by atoms with Crippen LogP contribution in [0.3, 0.4) is 0 Å². The summed E-state index contributed by atoms with van der Waals surface area (Å²) in [5.41, 5.74) is -0.184. The lowest BCUT2D eigenvalue weighted by Crippen LogP contribution is -2.40. The van der Waals surface area contributed by atoms with Gasteiger partial charge >= 0.3 is 11.9 Å². The van der Waals surface area contributed by atoms with Gasteiger partial charge in [0.2, 0.25) is 5.78 Å². The second-order valence-electron chi connectivity index (χ2n) is 10.4. The largest absolute Gasteiger partial charge is 0.464 e. The molecule has 8 heteroatoms. The van der Waals surface area contributed by atoms with Gasteiger partial charge in [0.25, 0.3) is 0 Å². The fraction of sp³-hybridized carbons (Fsp3) is 0.375. The molecule has 0 radical (unpaired) electrons. The van der Waals surface area contributed by atoms with Gasteiger partial charge in [-0.2, -0.15) is 0 Å². The molecule has 5 atom stereocenters. The third-order valence-corrected chi connectivity index (χ3v) is 7.63. The van der Waals surface area contributed by atoms with E-state index in [0.29, 0.717) is 28.4 Å². The molecule has 1 aromatic carbocycles. The van der Waals surface area contributed by atoms with Crippen LogP contribution in [0.25, 0.3) is 0 Å². The highest BCUT2D eigenvalue weighted by atomic mass is 16.6. The maximum absolute atomic E-state index is 13.7. The van der Waals surface area contributed by atoms with E-state index in [1.54, 1.807) is 44.2 Å². The molecular formula is C32H34O8. The standard InChI is InChI=1S/C32H34O8/c1-7-18(2)13-14-23-15-22-16-25(33)32(5)27(24(22)17-38-23)26(30(35)40-32)28(34)19(3)20(4)39-31(36)29(37-6)21-11-9-8-10-12-21/h8-20,29H,7H2,1-6H3/b14-13+/t18-,19-,20+,29-,32-/m0/s1. The van der Waals surface area contributed by atoms with E-state index in [2.05, 4.69) is 13.8 Å². The third-order valence-electron chi connectivity index (χ3n) is 7.63. The van der Waals surface area contributed by atoms with E-state index in [4.69, 9.17) is 18.9 Å². The van der Waals surface area contributed by atoms with Gasteiger partial charge in [-0.3, -0.25) is 9.59 Å². The Morgan fingerprint density at radius 3 is 2.42 bits per heavy atom. The molecule has 0 saturated heterocycles. The number of carbonyl (C=O) groups is 4. The molecule has 8 nitrogen and oxygen atoms in total. The predicted molar refractivity (Wildman–Crippen MR) is 146 cm³/mol. The highest BCUT2D eigenvalue weighted by Crippen LogP contribution is 2.47. The number of hydrogen-bond acceptors (Lipinski definition) is 8. The number of methoxy groups -OCH3 is 1. The van der Waals surface area contributed by atoms with Crippen molar-refractivity contribution in [1.29, 1.82) is 0 Å². The van der Waals surface area contributed by atoms with Crippen LogP contribution in [0.1, 0.15) is 52.7 Å². The summed E-state index contributed by atoms with van der Waals surface area (Å²) >= 11 is 0. The van der Waals surface area contributed by atoms with Gasteiger partial charge in [-0.1, -0.05) is 63.6 Å². The summed E-state index contributed by atoms with van der Waals surface area (Å²) in [6.45, 7) is 8.76. The molecule has 4 rings (SSSR count). The molecule has 0 bridgehead atoms. The first kappa shape index (κ1) is 29.0. The molecule has 2 heterocycles. The zero-order valence-corrected chi connectivity index (χ0v) is 23.6. The molecule has 1 aromatic rings. The van der Waals surface area contributed by atoms with Crippen molar-refractivity contribution in [3.8, 4) is 0 Å². The van der Waals surface area contributed by atoms with Crippen molar-refractivity contribution in [1.82, 2.24) is 0 Å².